The number of Topliss-reactive ketones (excluding diaryl/α,β-unsaturated/α-hetero) is 1. The SMILES string of the molecule is C=C(CC)OC(=CC(C(C)=O)C(=O)O)CC.N. The van der Waals surface area contributed by atoms with E-state index < -0.39 is 17.7 Å². The summed E-state index contributed by atoms with van der Waals surface area (Å²) in [4.78, 5) is 21.9. The van der Waals surface area contributed by atoms with E-state index in [1.165, 1.54) is 13.0 Å². The summed E-state index contributed by atoms with van der Waals surface area (Å²) in [5.41, 5.74) is 0. The van der Waals surface area contributed by atoms with Crippen LogP contribution in [0.1, 0.15) is 33.6 Å². The maximum atomic E-state index is 11.1. The highest BCUT2D eigenvalue weighted by atomic mass is 16.5. The van der Waals surface area contributed by atoms with E-state index in [0.717, 1.165) is 0 Å². The van der Waals surface area contributed by atoms with Gasteiger partial charge in [-0.3, -0.25) is 9.59 Å². The first kappa shape index (κ1) is 17.8. The van der Waals surface area contributed by atoms with Gasteiger partial charge in [-0.1, -0.05) is 20.4 Å². The number of hydrogen-bond acceptors (Lipinski definition) is 4. The summed E-state index contributed by atoms with van der Waals surface area (Å²) in [6.07, 6.45) is 2.51. The monoisotopic (exact) mass is 243 g/mol. The first-order chi connectivity index (χ1) is 7.42. The number of carboxylic acid groups (broad SMARTS) is 1. The smallest absolute Gasteiger partial charge is 0.318 e. The van der Waals surface area contributed by atoms with Crippen LogP contribution in [-0.4, -0.2) is 16.9 Å². The number of aliphatic carboxylic acids is 1. The summed E-state index contributed by atoms with van der Waals surface area (Å²) in [6.45, 7) is 8.62. The van der Waals surface area contributed by atoms with Crippen molar-refractivity contribution in [1.29, 1.82) is 0 Å². The molecule has 0 saturated heterocycles. The van der Waals surface area contributed by atoms with E-state index in [1.54, 1.807) is 0 Å². The van der Waals surface area contributed by atoms with Gasteiger partial charge in [0.25, 0.3) is 0 Å². The van der Waals surface area contributed by atoms with Gasteiger partial charge in [0.2, 0.25) is 0 Å². The standard InChI is InChI=1S/C12H18O4.H3N/c1-5-8(3)16-10(6-2)7-11(9(4)13)12(14)15;/h7,11H,3,5-6H2,1-2,4H3,(H,14,15);1H3. The maximum Gasteiger partial charge on any atom is 0.318 e. The van der Waals surface area contributed by atoms with Gasteiger partial charge in [-0.15, -0.1) is 0 Å². The summed E-state index contributed by atoms with van der Waals surface area (Å²) in [5, 5.41) is 8.84. The summed E-state index contributed by atoms with van der Waals surface area (Å²) in [5.74, 6) is -1.69. The lowest BCUT2D eigenvalue weighted by molar-refractivity contribution is -0.143. The highest BCUT2D eigenvalue weighted by Gasteiger charge is 2.21. The Bertz CT molecular complexity index is 306. The van der Waals surface area contributed by atoms with Crippen LogP contribution in [0.3, 0.4) is 0 Å². The number of rotatable bonds is 7. The number of allylic oxidation sites excluding steroid dienone is 2. The molecule has 5 nitrogen and oxygen atoms in total. The van der Waals surface area contributed by atoms with Crippen LogP contribution in [0.25, 0.3) is 0 Å². The third-order valence-corrected chi connectivity index (χ3v) is 2.07. The number of hydrogen-bond donors (Lipinski definition) is 2. The second-order valence-corrected chi connectivity index (χ2v) is 3.41. The van der Waals surface area contributed by atoms with Crippen LogP contribution >= 0.6 is 0 Å². The molecule has 0 aromatic carbocycles. The second kappa shape index (κ2) is 8.52. The molecule has 1 unspecified atom stereocenters. The highest BCUT2D eigenvalue weighted by Crippen LogP contribution is 2.15. The van der Waals surface area contributed by atoms with Crippen LogP contribution in [0.15, 0.2) is 24.2 Å². The van der Waals surface area contributed by atoms with Gasteiger partial charge in [0.05, 0.1) is 5.76 Å². The van der Waals surface area contributed by atoms with E-state index in [4.69, 9.17) is 9.84 Å². The molecular formula is C12H21NO4. The molecule has 0 heterocycles. The van der Waals surface area contributed by atoms with Crippen molar-refractivity contribution in [3.63, 3.8) is 0 Å². The van der Waals surface area contributed by atoms with Gasteiger partial charge in [0.15, 0.2) is 0 Å². The fourth-order valence-electron chi connectivity index (χ4n) is 1.03. The Morgan fingerprint density at radius 2 is 1.88 bits per heavy atom. The fourth-order valence-corrected chi connectivity index (χ4v) is 1.03. The van der Waals surface area contributed by atoms with Crippen molar-refractivity contribution >= 4 is 11.8 Å². The van der Waals surface area contributed by atoms with Gasteiger partial charge in [-0.2, -0.15) is 0 Å². The number of ether oxygens (including phenoxy) is 1. The van der Waals surface area contributed by atoms with E-state index in [9.17, 15) is 9.59 Å². The van der Waals surface area contributed by atoms with Gasteiger partial charge >= 0.3 is 5.97 Å². The van der Waals surface area contributed by atoms with Gasteiger partial charge < -0.3 is 16.0 Å². The molecule has 0 aromatic rings. The zero-order valence-corrected chi connectivity index (χ0v) is 10.7. The molecule has 98 valence electrons. The van der Waals surface area contributed by atoms with Gasteiger partial charge in [0.1, 0.15) is 17.5 Å². The quantitative estimate of drug-likeness (QED) is 0.529. The largest absolute Gasteiger partial charge is 0.480 e. The summed E-state index contributed by atoms with van der Waals surface area (Å²) in [6, 6.07) is 0. The second-order valence-electron chi connectivity index (χ2n) is 3.41. The molecule has 0 aromatic heterocycles. The van der Waals surface area contributed by atoms with Crippen LogP contribution < -0.4 is 6.15 Å². The van der Waals surface area contributed by atoms with Crippen LogP contribution in [0.2, 0.25) is 0 Å². The number of carbonyl (C=O) groups excluding carboxylic acids is 1. The van der Waals surface area contributed by atoms with Crippen LogP contribution in [0.5, 0.6) is 0 Å². The van der Waals surface area contributed by atoms with Gasteiger partial charge in [-0.05, 0) is 13.0 Å². The Balaban J connectivity index is 0. The Kier molecular flexibility index (Phi) is 8.91. The molecule has 1 atom stereocenters. The van der Waals surface area contributed by atoms with Crippen LogP contribution in [0.4, 0.5) is 0 Å². The van der Waals surface area contributed by atoms with E-state index in [0.29, 0.717) is 24.4 Å². The molecule has 0 radical (unpaired) electrons. The lowest BCUT2D eigenvalue weighted by Gasteiger charge is -2.11. The zero-order chi connectivity index (χ0) is 12.7. The molecule has 0 amide bonds. The van der Waals surface area contributed by atoms with Crippen LogP contribution in [0, 0.1) is 5.92 Å². The topological polar surface area (TPSA) is 98.6 Å². The van der Waals surface area contributed by atoms with Crippen molar-refractivity contribution in [1.82, 2.24) is 6.15 Å². The molecule has 0 aliphatic carbocycles. The third kappa shape index (κ3) is 6.52. The lowest BCUT2D eigenvalue weighted by Crippen LogP contribution is -2.19. The van der Waals surface area contributed by atoms with Crippen molar-refractivity contribution in [2.45, 2.75) is 33.6 Å². The molecule has 4 N–H and O–H groups in total. The molecule has 17 heavy (non-hydrogen) atoms. The van der Waals surface area contributed by atoms with Crippen molar-refractivity contribution in [3.05, 3.63) is 24.2 Å². The first-order valence-corrected chi connectivity index (χ1v) is 5.21. The Labute approximate surface area is 102 Å². The van der Waals surface area contributed by atoms with Gasteiger partial charge in [0, 0.05) is 12.8 Å². The van der Waals surface area contributed by atoms with E-state index in [1.807, 2.05) is 13.8 Å². The summed E-state index contributed by atoms with van der Waals surface area (Å²) >= 11 is 0. The minimum absolute atomic E-state index is 0. The van der Waals surface area contributed by atoms with E-state index >= 15 is 0 Å². The normalized spacial score (nSPS) is 12.3. The fraction of sp³-hybridized carbons (Fsp3) is 0.500. The molecule has 5 heteroatoms. The number of carbonyl (C=O) groups is 2. The highest BCUT2D eigenvalue weighted by molar-refractivity contribution is 5.98. The third-order valence-electron chi connectivity index (χ3n) is 2.07. The number of ketones is 1. The maximum absolute atomic E-state index is 11.1. The molecule has 0 rings (SSSR count). The average molecular weight is 243 g/mol. The molecule has 0 spiro atoms. The minimum Gasteiger partial charge on any atom is -0.480 e. The molecule has 0 aliphatic heterocycles. The summed E-state index contributed by atoms with van der Waals surface area (Å²) in [7, 11) is 0. The predicted octanol–water partition coefficient (Wildman–Crippen LogP) is 2.67. The van der Waals surface area contributed by atoms with Crippen molar-refractivity contribution in [3.8, 4) is 0 Å². The molecular weight excluding hydrogens is 222 g/mol. The molecule has 0 fully saturated rings. The van der Waals surface area contributed by atoms with Gasteiger partial charge in [-0.25, -0.2) is 0 Å². The summed E-state index contributed by atoms with van der Waals surface area (Å²) < 4.78 is 5.33. The Morgan fingerprint density at radius 1 is 1.35 bits per heavy atom. The minimum atomic E-state index is -1.16. The first-order valence-electron chi connectivity index (χ1n) is 5.21. The van der Waals surface area contributed by atoms with E-state index in [2.05, 4.69) is 6.58 Å². The Hall–Kier alpha value is -1.62. The predicted molar refractivity (Wildman–Crippen MR) is 65.7 cm³/mol. The van der Waals surface area contributed by atoms with Crippen molar-refractivity contribution < 1.29 is 19.4 Å². The van der Waals surface area contributed by atoms with E-state index in [-0.39, 0.29) is 6.15 Å². The van der Waals surface area contributed by atoms with Crippen molar-refractivity contribution in [2.75, 3.05) is 0 Å². The molecule has 0 aliphatic rings. The molecule has 0 bridgehead atoms. The lowest BCUT2D eigenvalue weighted by atomic mass is 10.0. The van der Waals surface area contributed by atoms with Crippen LogP contribution in [-0.2, 0) is 14.3 Å². The number of carboxylic acids is 1. The Morgan fingerprint density at radius 3 is 2.18 bits per heavy atom. The zero-order valence-electron chi connectivity index (χ0n) is 10.7. The average Bonchev–Trinajstić information content (AvgIpc) is 2.22. The van der Waals surface area contributed by atoms with Crippen molar-refractivity contribution in [2.24, 2.45) is 5.92 Å². The molecule has 0 saturated carbocycles.